The molecule has 2 aromatic carbocycles. The lowest BCUT2D eigenvalue weighted by Gasteiger charge is -2.33. The average molecular weight is 480 g/mol. The van der Waals surface area contributed by atoms with E-state index in [4.69, 9.17) is 4.74 Å². The monoisotopic (exact) mass is 479 g/mol. The summed E-state index contributed by atoms with van der Waals surface area (Å²) in [5, 5.41) is 12.1. The van der Waals surface area contributed by atoms with Crippen molar-refractivity contribution in [3.63, 3.8) is 0 Å². The van der Waals surface area contributed by atoms with E-state index in [1.54, 1.807) is 4.90 Å². The largest absolute Gasteiger partial charge is 0.481 e. The Morgan fingerprint density at radius 3 is 2.31 bits per heavy atom. The number of alkyl carbamates (subject to hydrolysis) is 1. The van der Waals surface area contributed by atoms with E-state index in [-0.39, 0.29) is 25.0 Å². The third kappa shape index (κ3) is 5.65. The minimum absolute atomic E-state index is 0.0671. The van der Waals surface area contributed by atoms with E-state index < -0.39 is 24.0 Å². The molecule has 186 valence electrons. The molecule has 0 spiro atoms. The van der Waals surface area contributed by atoms with Gasteiger partial charge in [0.1, 0.15) is 12.6 Å². The standard InChI is InChI=1S/C27H33N3O5/c1-29(2)15-13-24(25(31)30-14-7-8-18(16-30)26(32)33)28-27(34)35-17-23-21-11-5-3-9-19(21)20-10-4-6-12-22(20)23/h3-6,9-12,18,23-24H,7-8,13-17H2,1-2H3,(H,28,34)(H,32,33). The fourth-order valence-corrected chi connectivity index (χ4v) is 5.03. The zero-order valence-corrected chi connectivity index (χ0v) is 20.3. The highest BCUT2D eigenvalue weighted by Gasteiger charge is 2.33. The van der Waals surface area contributed by atoms with Crippen molar-refractivity contribution in [2.75, 3.05) is 40.3 Å². The summed E-state index contributed by atoms with van der Waals surface area (Å²) in [7, 11) is 3.80. The second-order valence-corrected chi connectivity index (χ2v) is 9.58. The number of carboxylic acids is 1. The van der Waals surface area contributed by atoms with E-state index in [0.29, 0.717) is 32.4 Å². The number of likely N-dealkylation sites (tertiary alicyclic amines) is 1. The Hall–Kier alpha value is -3.39. The first kappa shape index (κ1) is 24.7. The van der Waals surface area contributed by atoms with Gasteiger partial charge in [0.05, 0.1) is 5.92 Å². The van der Waals surface area contributed by atoms with Gasteiger partial charge in [-0.15, -0.1) is 0 Å². The summed E-state index contributed by atoms with van der Waals surface area (Å²) in [5.74, 6) is -1.79. The molecule has 1 fully saturated rings. The minimum atomic E-state index is -0.892. The van der Waals surface area contributed by atoms with Crippen LogP contribution in [0.15, 0.2) is 48.5 Å². The van der Waals surface area contributed by atoms with Crippen LogP contribution in [0.5, 0.6) is 0 Å². The van der Waals surface area contributed by atoms with Crippen LogP contribution in [-0.2, 0) is 14.3 Å². The van der Waals surface area contributed by atoms with E-state index in [1.807, 2.05) is 43.3 Å². The van der Waals surface area contributed by atoms with Crippen molar-refractivity contribution in [3.05, 3.63) is 59.7 Å². The van der Waals surface area contributed by atoms with Crippen molar-refractivity contribution in [1.29, 1.82) is 0 Å². The lowest BCUT2D eigenvalue weighted by molar-refractivity contribution is -0.146. The van der Waals surface area contributed by atoms with Crippen LogP contribution in [0.25, 0.3) is 11.1 Å². The number of amides is 2. The third-order valence-corrected chi connectivity index (χ3v) is 6.88. The lowest BCUT2D eigenvalue weighted by Crippen LogP contribution is -2.53. The van der Waals surface area contributed by atoms with E-state index in [9.17, 15) is 19.5 Å². The number of hydrogen-bond donors (Lipinski definition) is 2. The molecule has 1 saturated heterocycles. The topological polar surface area (TPSA) is 99.2 Å². The second kappa shape index (κ2) is 10.9. The number of benzene rings is 2. The summed E-state index contributed by atoms with van der Waals surface area (Å²) in [4.78, 5) is 41.0. The van der Waals surface area contributed by atoms with Crippen LogP contribution in [0.1, 0.15) is 36.3 Å². The number of fused-ring (bicyclic) bond motifs is 3. The summed E-state index contributed by atoms with van der Waals surface area (Å²) < 4.78 is 5.65. The molecule has 0 saturated carbocycles. The van der Waals surface area contributed by atoms with Gasteiger partial charge in [0.2, 0.25) is 5.91 Å². The number of piperidine rings is 1. The quantitative estimate of drug-likeness (QED) is 0.604. The Balaban J connectivity index is 1.42. The maximum Gasteiger partial charge on any atom is 0.407 e. The zero-order valence-electron chi connectivity index (χ0n) is 20.3. The van der Waals surface area contributed by atoms with Crippen molar-refractivity contribution in [2.45, 2.75) is 31.2 Å². The first-order valence-electron chi connectivity index (χ1n) is 12.1. The molecule has 2 aromatic rings. The average Bonchev–Trinajstić information content (AvgIpc) is 3.18. The van der Waals surface area contributed by atoms with Crippen LogP contribution in [-0.4, -0.2) is 79.3 Å². The van der Waals surface area contributed by atoms with Crippen molar-refractivity contribution in [1.82, 2.24) is 15.1 Å². The van der Waals surface area contributed by atoms with Gasteiger partial charge in [-0.25, -0.2) is 4.79 Å². The van der Waals surface area contributed by atoms with Gasteiger partial charge in [-0.05, 0) is 62.2 Å². The van der Waals surface area contributed by atoms with Crippen molar-refractivity contribution >= 4 is 18.0 Å². The van der Waals surface area contributed by atoms with Crippen LogP contribution in [0.4, 0.5) is 4.79 Å². The first-order chi connectivity index (χ1) is 16.8. The van der Waals surface area contributed by atoms with Gasteiger partial charge in [0, 0.05) is 19.0 Å². The number of carbonyl (C=O) groups excluding carboxylic acids is 2. The predicted octanol–water partition coefficient (Wildman–Crippen LogP) is 3.17. The van der Waals surface area contributed by atoms with Gasteiger partial charge in [-0.2, -0.15) is 0 Å². The van der Waals surface area contributed by atoms with Crippen LogP contribution in [0.2, 0.25) is 0 Å². The van der Waals surface area contributed by atoms with Crippen molar-refractivity contribution in [2.24, 2.45) is 5.92 Å². The Bertz CT molecular complexity index is 1040. The molecule has 8 nitrogen and oxygen atoms in total. The number of carbonyl (C=O) groups is 3. The van der Waals surface area contributed by atoms with Crippen molar-refractivity contribution in [3.8, 4) is 11.1 Å². The first-order valence-corrected chi connectivity index (χ1v) is 12.1. The molecule has 2 N–H and O–H groups in total. The van der Waals surface area contributed by atoms with E-state index in [1.165, 1.54) is 0 Å². The zero-order chi connectivity index (χ0) is 24.9. The Morgan fingerprint density at radius 2 is 1.71 bits per heavy atom. The number of ether oxygens (including phenoxy) is 1. The summed E-state index contributed by atoms with van der Waals surface area (Å²) in [6.45, 7) is 1.42. The van der Waals surface area contributed by atoms with E-state index >= 15 is 0 Å². The van der Waals surface area contributed by atoms with Crippen LogP contribution in [0, 0.1) is 5.92 Å². The number of aliphatic carboxylic acids is 1. The molecule has 35 heavy (non-hydrogen) atoms. The third-order valence-electron chi connectivity index (χ3n) is 6.88. The maximum absolute atomic E-state index is 13.2. The molecule has 1 heterocycles. The molecular weight excluding hydrogens is 446 g/mol. The fraction of sp³-hybridized carbons (Fsp3) is 0.444. The highest BCUT2D eigenvalue weighted by molar-refractivity contribution is 5.86. The highest BCUT2D eigenvalue weighted by atomic mass is 16.5. The molecule has 2 unspecified atom stereocenters. The lowest BCUT2D eigenvalue weighted by atomic mass is 9.97. The van der Waals surface area contributed by atoms with Gasteiger partial charge in [0.15, 0.2) is 0 Å². The molecule has 2 atom stereocenters. The fourth-order valence-electron chi connectivity index (χ4n) is 5.03. The van der Waals surface area contributed by atoms with Gasteiger partial charge >= 0.3 is 12.1 Å². The number of nitrogens with one attached hydrogen (secondary N) is 1. The molecule has 1 aliphatic carbocycles. The summed E-state index contributed by atoms with van der Waals surface area (Å²) >= 11 is 0. The number of rotatable bonds is 8. The Morgan fingerprint density at radius 1 is 1.09 bits per heavy atom. The van der Waals surface area contributed by atoms with Gasteiger partial charge in [0.25, 0.3) is 0 Å². The van der Waals surface area contributed by atoms with E-state index in [2.05, 4.69) is 29.6 Å². The molecule has 0 radical (unpaired) electrons. The second-order valence-electron chi connectivity index (χ2n) is 9.58. The molecule has 0 bridgehead atoms. The molecule has 2 aliphatic rings. The normalized spacial score (nSPS) is 18.0. The SMILES string of the molecule is CN(C)CCC(NC(=O)OCC1c2ccccc2-c2ccccc21)C(=O)N1CCCC(C(=O)O)C1. The molecule has 0 aromatic heterocycles. The van der Waals surface area contributed by atoms with E-state index in [0.717, 1.165) is 22.3 Å². The van der Waals surface area contributed by atoms with Gasteiger partial charge in [-0.3, -0.25) is 9.59 Å². The van der Waals surface area contributed by atoms with Gasteiger partial charge < -0.3 is 25.0 Å². The molecule has 8 heteroatoms. The number of carboxylic acid groups (broad SMARTS) is 1. The predicted molar refractivity (Wildman–Crippen MR) is 132 cm³/mol. The molecule has 1 aliphatic heterocycles. The van der Waals surface area contributed by atoms with Crippen LogP contribution >= 0.6 is 0 Å². The molecule has 4 rings (SSSR count). The smallest absolute Gasteiger partial charge is 0.407 e. The molecular formula is C27H33N3O5. The summed E-state index contributed by atoms with van der Waals surface area (Å²) in [6, 6.07) is 15.5. The van der Waals surface area contributed by atoms with Crippen molar-refractivity contribution < 1.29 is 24.2 Å². The van der Waals surface area contributed by atoms with Crippen LogP contribution in [0.3, 0.4) is 0 Å². The Labute approximate surface area is 205 Å². The highest BCUT2D eigenvalue weighted by Crippen LogP contribution is 2.44. The number of hydrogen-bond acceptors (Lipinski definition) is 5. The summed E-state index contributed by atoms with van der Waals surface area (Å²) in [5.41, 5.74) is 4.54. The summed E-state index contributed by atoms with van der Waals surface area (Å²) in [6.07, 6.45) is 0.954. The Kier molecular flexibility index (Phi) is 7.70. The van der Waals surface area contributed by atoms with Crippen LogP contribution < -0.4 is 5.32 Å². The van der Waals surface area contributed by atoms with Gasteiger partial charge in [-0.1, -0.05) is 48.5 Å². The maximum atomic E-state index is 13.2. The number of nitrogens with zero attached hydrogens (tertiary/aromatic N) is 2. The minimum Gasteiger partial charge on any atom is -0.481 e. The molecule has 2 amide bonds.